The molecule has 26 heavy (non-hydrogen) atoms. The van der Waals surface area contributed by atoms with Crippen LogP contribution in [0.2, 0.25) is 0 Å². The second-order valence-corrected chi connectivity index (χ2v) is 6.50. The molecule has 1 aliphatic heterocycles. The Bertz CT molecular complexity index is 759. The lowest BCUT2D eigenvalue weighted by atomic mass is 10.0. The molecule has 1 unspecified atom stereocenters. The third kappa shape index (κ3) is 3.87. The van der Waals surface area contributed by atoms with E-state index in [9.17, 15) is 9.59 Å². The van der Waals surface area contributed by atoms with Crippen LogP contribution in [0.3, 0.4) is 0 Å². The molecule has 0 aliphatic carbocycles. The fourth-order valence-corrected chi connectivity index (χ4v) is 3.29. The Morgan fingerprint density at radius 3 is 2.77 bits per heavy atom. The van der Waals surface area contributed by atoms with Crippen molar-refractivity contribution >= 4 is 12.0 Å². The third-order valence-corrected chi connectivity index (χ3v) is 4.65. The van der Waals surface area contributed by atoms with Gasteiger partial charge in [0.15, 0.2) is 0 Å². The van der Waals surface area contributed by atoms with Gasteiger partial charge in [0, 0.05) is 31.9 Å². The van der Waals surface area contributed by atoms with Gasteiger partial charge in [-0.2, -0.15) is 5.10 Å². The summed E-state index contributed by atoms with van der Waals surface area (Å²) in [7, 11) is 3.10. The number of rotatable bonds is 4. The number of aromatic nitrogens is 2. The maximum absolute atomic E-state index is 12.9. The molecule has 3 rings (SSSR count). The van der Waals surface area contributed by atoms with Crippen molar-refractivity contribution in [3.05, 3.63) is 48.3 Å². The summed E-state index contributed by atoms with van der Waals surface area (Å²) >= 11 is 0. The minimum absolute atomic E-state index is 0.0671. The Balaban J connectivity index is 1.67. The summed E-state index contributed by atoms with van der Waals surface area (Å²) in [6.45, 7) is 1.00. The molecule has 1 atom stereocenters. The van der Waals surface area contributed by atoms with Crippen LogP contribution in [0.1, 0.15) is 24.8 Å². The molecule has 2 heterocycles. The molecule has 2 amide bonds. The lowest BCUT2D eigenvalue weighted by Crippen LogP contribution is -2.52. The second-order valence-electron chi connectivity index (χ2n) is 6.50. The molecule has 7 heteroatoms. The van der Waals surface area contributed by atoms with E-state index in [4.69, 9.17) is 4.74 Å². The third-order valence-electron chi connectivity index (χ3n) is 4.65. The number of benzene rings is 1. The Morgan fingerprint density at radius 2 is 2.04 bits per heavy atom. The molecule has 2 aromatic rings. The highest BCUT2D eigenvalue weighted by Gasteiger charge is 2.34. The van der Waals surface area contributed by atoms with Gasteiger partial charge in [-0.25, -0.2) is 9.48 Å². The molecule has 1 aliphatic rings. The number of piperidine rings is 1. The number of nitrogens with zero attached hydrogens (tertiary/aromatic N) is 4. The van der Waals surface area contributed by atoms with Gasteiger partial charge >= 0.3 is 6.09 Å². The first-order chi connectivity index (χ1) is 12.6. The first-order valence-electron chi connectivity index (χ1n) is 8.78. The molecule has 0 bridgehead atoms. The summed E-state index contributed by atoms with van der Waals surface area (Å²) in [4.78, 5) is 28.0. The smallest absolute Gasteiger partial charge is 0.410 e. The van der Waals surface area contributed by atoms with Crippen molar-refractivity contribution in [2.75, 3.05) is 20.7 Å². The zero-order valence-corrected chi connectivity index (χ0v) is 15.2. The Kier molecular flexibility index (Phi) is 5.55. The monoisotopic (exact) mass is 356 g/mol. The van der Waals surface area contributed by atoms with Gasteiger partial charge in [-0.3, -0.25) is 9.69 Å². The van der Waals surface area contributed by atoms with Crippen LogP contribution in [-0.2, 0) is 16.1 Å². The number of carbonyl (C=O) groups excluding carboxylic acids is 2. The molecule has 0 N–H and O–H groups in total. The summed E-state index contributed by atoms with van der Waals surface area (Å²) in [5.74, 6) is -0.0671. The fraction of sp³-hybridized carbons (Fsp3) is 0.421. The summed E-state index contributed by atoms with van der Waals surface area (Å²) < 4.78 is 6.61. The van der Waals surface area contributed by atoms with Gasteiger partial charge in [0.2, 0.25) is 5.91 Å². The number of amides is 2. The zero-order valence-electron chi connectivity index (χ0n) is 15.2. The van der Waals surface area contributed by atoms with E-state index in [1.54, 1.807) is 22.8 Å². The number of para-hydroxylation sites is 1. The summed E-state index contributed by atoms with van der Waals surface area (Å²) in [5, 5.41) is 4.36. The van der Waals surface area contributed by atoms with Crippen LogP contribution in [0, 0.1) is 0 Å². The SMILES string of the molecule is COC(=O)N1CCCCC1C(=O)N(C)Cc1cnn(-c2ccccc2)c1. The van der Waals surface area contributed by atoms with E-state index < -0.39 is 12.1 Å². The van der Waals surface area contributed by atoms with Crippen LogP contribution in [0.15, 0.2) is 42.7 Å². The zero-order chi connectivity index (χ0) is 18.5. The highest BCUT2D eigenvalue weighted by atomic mass is 16.5. The van der Waals surface area contributed by atoms with Gasteiger partial charge in [-0.15, -0.1) is 0 Å². The van der Waals surface area contributed by atoms with Crippen molar-refractivity contribution in [2.45, 2.75) is 31.8 Å². The van der Waals surface area contributed by atoms with Crippen molar-refractivity contribution in [2.24, 2.45) is 0 Å². The van der Waals surface area contributed by atoms with Crippen molar-refractivity contribution in [1.82, 2.24) is 19.6 Å². The second kappa shape index (κ2) is 8.03. The van der Waals surface area contributed by atoms with Crippen molar-refractivity contribution in [3.63, 3.8) is 0 Å². The Hall–Kier alpha value is -2.83. The minimum atomic E-state index is -0.453. The van der Waals surface area contributed by atoms with Crippen LogP contribution in [0.4, 0.5) is 4.79 Å². The van der Waals surface area contributed by atoms with Crippen LogP contribution >= 0.6 is 0 Å². The van der Waals surface area contributed by atoms with Crippen molar-refractivity contribution in [1.29, 1.82) is 0 Å². The number of hydrogen-bond acceptors (Lipinski definition) is 4. The molecule has 1 saturated heterocycles. The van der Waals surface area contributed by atoms with E-state index >= 15 is 0 Å². The molecular weight excluding hydrogens is 332 g/mol. The Labute approximate surface area is 153 Å². The normalized spacial score (nSPS) is 17.0. The van der Waals surface area contributed by atoms with E-state index in [2.05, 4.69) is 5.10 Å². The van der Waals surface area contributed by atoms with Crippen LogP contribution < -0.4 is 0 Å². The topological polar surface area (TPSA) is 67.7 Å². The molecule has 0 saturated carbocycles. The number of ether oxygens (including phenoxy) is 1. The maximum Gasteiger partial charge on any atom is 0.410 e. The van der Waals surface area contributed by atoms with E-state index in [0.717, 1.165) is 24.1 Å². The van der Waals surface area contributed by atoms with E-state index in [1.165, 1.54) is 12.0 Å². The van der Waals surface area contributed by atoms with Gasteiger partial charge in [-0.05, 0) is 31.4 Å². The molecule has 1 aromatic heterocycles. The van der Waals surface area contributed by atoms with Gasteiger partial charge in [0.25, 0.3) is 0 Å². The number of likely N-dealkylation sites (N-methyl/N-ethyl adjacent to an activating group) is 1. The van der Waals surface area contributed by atoms with E-state index in [-0.39, 0.29) is 5.91 Å². The quantitative estimate of drug-likeness (QED) is 0.844. The molecule has 138 valence electrons. The lowest BCUT2D eigenvalue weighted by Gasteiger charge is -2.35. The van der Waals surface area contributed by atoms with Crippen LogP contribution in [0.5, 0.6) is 0 Å². The van der Waals surface area contributed by atoms with E-state index in [0.29, 0.717) is 19.5 Å². The van der Waals surface area contributed by atoms with Gasteiger partial charge in [0.1, 0.15) is 6.04 Å². The first-order valence-corrected chi connectivity index (χ1v) is 8.78. The predicted molar refractivity (Wildman–Crippen MR) is 96.8 cm³/mol. The highest BCUT2D eigenvalue weighted by molar-refractivity contribution is 5.85. The van der Waals surface area contributed by atoms with Gasteiger partial charge in [-0.1, -0.05) is 18.2 Å². The van der Waals surface area contributed by atoms with Gasteiger partial charge < -0.3 is 9.64 Å². The number of methoxy groups -OCH3 is 1. The van der Waals surface area contributed by atoms with Gasteiger partial charge in [0.05, 0.1) is 19.0 Å². The minimum Gasteiger partial charge on any atom is -0.453 e. The Morgan fingerprint density at radius 1 is 1.27 bits per heavy atom. The molecule has 0 radical (unpaired) electrons. The molecule has 0 spiro atoms. The largest absolute Gasteiger partial charge is 0.453 e. The molecule has 1 fully saturated rings. The highest BCUT2D eigenvalue weighted by Crippen LogP contribution is 2.20. The maximum atomic E-state index is 12.9. The molecule has 1 aromatic carbocycles. The first kappa shape index (κ1) is 18.0. The lowest BCUT2D eigenvalue weighted by molar-refractivity contribution is -0.136. The van der Waals surface area contributed by atoms with Crippen molar-refractivity contribution in [3.8, 4) is 5.69 Å². The summed E-state index contributed by atoms with van der Waals surface area (Å²) in [6, 6.07) is 9.36. The predicted octanol–water partition coefficient (Wildman–Crippen LogP) is 2.45. The standard InChI is InChI=1S/C19H24N4O3/c1-21(18(24)17-10-6-7-11-22(17)19(25)26-2)13-15-12-20-23(14-15)16-8-4-3-5-9-16/h3-5,8-9,12,14,17H,6-7,10-11,13H2,1-2H3. The molecule has 7 nitrogen and oxygen atoms in total. The number of hydrogen-bond donors (Lipinski definition) is 0. The summed E-state index contributed by atoms with van der Waals surface area (Å²) in [5.41, 5.74) is 1.90. The van der Waals surface area contributed by atoms with Crippen LogP contribution in [-0.4, -0.2) is 58.3 Å². The average Bonchev–Trinajstić information content (AvgIpc) is 3.16. The van der Waals surface area contributed by atoms with Crippen molar-refractivity contribution < 1.29 is 14.3 Å². The fourth-order valence-electron chi connectivity index (χ4n) is 3.29. The number of carbonyl (C=O) groups is 2. The molecular formula is C19H24N4O3. The number of likely N-dealkylation sites (tertiary alicyclic amines) is 1. The average molecular weight is 356 g/mol. The van der Waals surface area contributed by atoms with Crippen LogP contribution in [0.25, 0.3) is 5.69 Å². The summed E-state index contributed by atoms with van der Waals surface area (Å²) in [6.07, 6.45) is 5.74. The van der Waals surface area contributed by atoms with E-state index in [1.807, 2.05) is 36.5 Å².